The van der Waals surface area contributed by atoms with Gasteiger partial charge in [-0.15, -0.1) is 10.2 Å². The summed E-state index contributed by atoms with van der Waals surface area (Å²) < 4.78 is 16.0. The van der Waals surface area contributed by atoms with E-state index in [0.29, 0.717) is 17.1 Å². The predicted molar refractivity (Wildman–Crippen MR) is 97.7 cm³/mol. The summed E-state index contributed by atoms with van der Waals surface area (Å²) in [4.78, 5) is 12.2. The minimum absolute atomic E-state index is 0.0350. The standard InChI is InChI=1S/C18H16N2O6S/c1-24-12-5-11(6-13(8-12)25-2)17-19-20-18(26-17)27-9-16(23)10-3-4-14(21)15(22)7-10/h3-8,21-22H,9H2,1-2H3. The molecule has 8 nitrogen and oxygen atoms in total. The SMILES string of the molecule is COc1cc(OC)cc(-c2nnc(SCC(=O)c3ccc(O)c(O)c3)o2)c1. The third-order valence-corrected chi connectivity index (χ3v) is 4.45. The van der Waals surface area contributed by atoms with Crippen molar-refractivity contribution in [2.24, 2.45) is 0 Å². The van der Waals surface area contributed by atoms with Gasteiger partial charge in [-0.1, -0.05) is 11.8 Å². The number of aromatic nitrogens is 2. The molecule has 0 saturated heterocycles. The second-order valence-electron chi connectivity index (χ2n) is 5.39. The van der Waals surface area contributed by atoms with Gasteiger partial charge in [-0.3, -0.25) is 4.79 Å². The number of phenolic OH excluding ortho intramolecular Hbond substituents is 2. The summed E-state index contributed by atoms with van der Waals surface area (Å²) in [6.45, 7) is 0. The molecule has 0 spiro atoms. The van der Waals surface area contributed by atoms with Gasteiger partial charge in [0, 0.05) is 17.2 Å². The molecule has 1 heterocycles. The van der Waals surface area contributed by atoms with Gasteiger partial charge in [0.15, 0.2) is 17.3 Å². The van der Waals surface area contributed by atoms with Crippen LogP contribution in [0.4, 0.5) is 0 Å². The second kappa shape index (κ2) is 8.00. The van der Waals surface area contributed by atoms with Crippen molar-refractivity contribution >= 4 is 17.5 Å². The Bertz CT molecular complexity index is 950. The minimum Gasteiger partial charge on any atom is -0.504 e. The lowest BCUT2D eigenvalue weighted by molar-refractivity contribution is 0.102. The molecule has 27 heavy (non-hydrogen) atoms. The van der Waals surface area contributed by atoms with E-state index in [1.54, 1.807) is 32.4 Å². The lowest BCUT2D eigenvalue weighted by Crippen LogP contribution is -2.01. The van der Waals surface area contributed by atoms with Crippen LogP contribution in [-0.4, -0.2) is 46.2 Å². The van der Waals surface area contributed by atoms with E-state index in [0.717, 1.165) is 11.8 Å². The van der Waals surface area contributed by atoms with Gasteiger partial charge in [0.25, 0.3) is 5.22 Å². The topological polar surface area (TPSA) is 115 Å². The Morgan fingerprint density at radius 3 is 2.37 bits per heavy atom. The van der Waals surface area contributed by atoms with Crippen LogP contribution < -0.4 is 9.47 Å². The summed E-state index contributed by atoms with van der Waals surface area (Å²) in [6, 6.07) is 9.08. The highest BCUT2D eigenvalue weighted by molar-refractivity contribution is 7.99. The average Bonchev–Trinajstić information content (AvgIpc) is 3.16. The first-order valence-electron chi connectivity index (χ1n) is 7.75. The molecule has 0 fully saturated rings. The number of nitrogens with zero attached hydrogens (tertiary/aromatic N) is 2. The Labute approximate surface area is 158 Å². The van der Waals surface area contributed by atoms with Crippen molar-refractivity contribution in [3.8, 4) is 34.5 Å². The first kappa shape index (κ1) is 18.6. The number of hydrogen-bond donors (Lipinski definition) is 2. The van der Waals surface area contributed by atoms with Crippen molar-refractivity contribution in [3.05, 3.63) is 42.0 Å². The number of carbonyl (C=O) groups excluding carboxylic acids is 1. The third-order valence-electron chi connectivity index (χ3n) is 3.63. The molecule has 140 valence electrons. The van der Waals surface area contributed by atoms with Gasteiger partial charge >= 0.3 is 0 Å². The fourth-order valence-corrected chi connectivity index (χ4v) is 2.88. The number of benzene rings is 2. The molecular weight excluding hydrogens is 372 g/mol. The number of thioether (sulfide) groups is 1. The Kier molecular flexibility index (Phi) is 5.51. The fourth-order valence-electron chi connectivity index (χ4n) is 2.22. The van der Waals surface area contributed by atoms with Crippen LogP contribution in [0.15, 0.2) is 46.0 Å². The van der Waals surface area contributed by atoms with Gasteiger partial charge in [0.2, 0.25) is 5.89 Å². The molecule has 0 aliphatic rings. The predicted octanol–water partition coefficient (Wildman–Crippen LogP) is 3.14. The molecule has 0 radical (unpaired) electrons. The summed E-state index contributed by atoms with van der Waals surface area (Å²) in [7, 11) is 3.08. The Hall–Kier alpha value is -3.20. The van der Waals surface area contributed by atoms with Gasteiger partial charge in [-0.05, 0) is 30.3 Å². The molecule has 0 atom stereocenters. The Balaban J connectivity index is 1.71. The van der Waals surface area contributed by atoms with Crippen LogP contribution in [0.2, 0.25) is 0 Å². The molecule has 0 aliphatic heterocycles. The van der Waals surface area contributed by atoms with Gasteiger partial charge in [0.05, 0.1) is 20.0 Å². The van der Waals surface area contributed by atoms with Gasteiger partial charge in [-0.25, -0.2) is 0 Å². The molecule has 1 aromatic heterocycles. The smallest absolute Gasteiger partial charge is 0.277 e. The largest absolute Gasteiger partial charge is 0.504 e. The lowest BCUT2D eigenvalue weighted by Gasteiger charge is -2.05. The maximum atomic E-state index is 12.2. The number of Topliss-reactive ketones (excluding diaryl/α,β-unsaturated/α-hetero) is 1. The van der Waals surface area contributed by atoms with Crippen molar-refractivity contribution in [2.75, 3.05) is 20.0 Å². The number of carbonyl (C=O) groups is 1. The molecule has 0 amide bonds. The van der Waals surface area contributed by atoms with Crippen LogP contribution in [0.3, 0.4) is 0 Å². The molecule has 9 heteroatoms. The zero-order valence-electron chi connectivity index (χ0n) is 14.5. The molecule has 2 aromatic carbocycles. The van der Waals surface area contributed by atoms with Gasteiger partial charge in [-0.2, -0.15) is 0 Å². The molecule has 0 unspecified atom stereocenters. The van der Waals surface area contributed by atoms with E-state index >= 15 is 0 Å². The number of methoxy groups -OCH3 is 2. The van der Waals surface area contributed by atoms with E-state index in [-0.39, 0.29) is 39.7 Å². The molecule has 2 N–H and O–H groups in total. The first-order chi connectivity index (χ1) is 13.0. The van der Waals surface area contributed by atoms with Crippen LogP contribution in [0.1, 0.15) is 10.4 Å². The van der Waals surface area contributed by atoms with Crippen LogP contribution in [-0.2, 0) is 0 Å². The van der Waals surface area contributed by atoms with Gasteiger partial charge in [0.1, 0.15) is 11.5 Å². The van der Waals surface area contributed by atoms with Crippen molar-refractivity contribution in [2.45, 2.75) is 5.22 Å². The fraction of sp³-hybridized carbons (Fsp3) is 0.167. The summed E-state index contributed by atoms with van der Waals surface area (Å²) >= 11 is 1.07. The molecule has 0 aliphatic carbocycles. The number of ketones is 1. The number of hydrogen-bond acceptors (Lipinski definition) is 9. The number of phenols is 2. The summed E-state index contributed by atoms with van der Waals surface area (Å²) in [5.74, 6) is 0.584. The number of ether oxygens (including phenoxy) is 2. The highest BCUT2D eigenvalue weighted by Gasteiger charge is 2.15. The van der Waals surface area contributed by atoms with Crippen molar-refractivity contribution in [3.63, 3.8) is 0 Å². The number of aromatic hydroxyl groups is 2. The molecule has 3 rings (SSSR count). The van der Waals surface area contributed by atoms with Gasteiger partial charge < -0.3 is 24.1 Å². The normalized spacial score (nSPS) is 10.6. The zero-order valence-corrected chi connectivity index (χ0v) is 15.3. The average molecular weight is 388 g/mol. The van der Waals surface area contributed by atoms with Crippen molar-refractivity contribution in [1.29, 1.82) is 0 Å². The molecule has 3 aromatic rings. The Morgan fingerprint density at radius 1 is 1.04 bits per heavy atom. The summed E-state index contributed by atoms with van der Waals surface area (Å²) in [5.41, 5.74) is 0.899. The monoisotopic (exact) mass is 388 g/mol. The van der Waals surface area contributed by atoms with E-state index in [2.05, 4.69) is 10.2 Å². The van der Waals surface area contributed by atoms with Crippen molar-refractivity contribution < 1.29 is 28.9 Å². The summed E-state index contributed by atoms with van der Waals surface area (Å²) in [5, 5.41) is 26.9. The van der Waals surface area contributed by atoms with Crippen LogP contribution >= 0.6 is 11.8 Å². The van der Waals surface area contributed by atoms with Crippen LogP contribution in [0.25, 0.3) is 11.5 Å². The van der Waals surface area contributed by atoms with Crippen LogP contribution in [0.5, 0.6) is 23.0 Å². The van der Waals surface area contributed by atoms with E-state index in [1.807, 2.05) is 0 Å². The first-order valence-corrected chi connectivity index (χ1v) is 8.73. The van der Waals surface area contributed by atoms with E-state index in [1.165, 1.54) is 18.2 Å². The van der Waals surface area contributed by atoms with Crippen molar-refractivity contribution in [1.82, 2.24) is 10.2 Å². The van der Waals surface area contributed by atoms with E-state index in [9.17, 15) is 15.0 Å². The van der Waals surface area contributed by atoms with Crippen LogP contribution in [0, 0.1) is 0 Å². The van der Waals surface area contributed by atoms with E-state index < -0.39 is 0 Å². The zero-order chi connectivity index (χ0) is 19.4. The third kappa shape index (κ3) is 4.32. The Morgan fingerprint density at radius 2 is 1.74 bits per heavy atom. The molecule has 0 saturated carbocycles. The maximum absolute atomic E-state index is 12.2. The highest BCUT2D eigenvalue weighted by Crippen LogP contribution is 2.31. The quantitative estimate of drug-likeness (QED) is 0.358. The second-order valence-corrected chi connectivity index (χ2v) is 6.32. The molecule has 0 bridgehead atoms. The molecular formula is C18H16N2O6S. The minimum atomic E-state index is -0.349. The lowest BCUT2D eigenvalue weighted by atomic mass is 10.1. The summed E-state index contributed by atoms with van der Waals surface area (Å²) in [6.07, 6.45) is 0. The van der Waals surface area contributed by atoms with E-state index in [4.69, 9.17) is 13.9 Å². The number of rotatable bonds is 7. The highest BCUT2D eigenvalue weighted by atomic mass is 32.2. The maximum Gasteiger partial charge on any atom is 0.277 e.